The molecular weight excluding hydrogens is 471 g/mol. The highest BCUT2D eigenvalue weighted by Crippen LogP contribution is 2.38. The van der Waals surface area contributed by atoms with Gasteiger partial charge in [-0.2, -0.15) is 4.98 Å². The molecule has 172 valence electrons. The van der Waals surface area contributed by atoms with Crippen LogP contribution in [-0.2, 0) is 6.54 Å². The first-order valence-corrected chi connectivity index (χ1v) is 11.9. The Labute approximate surface area is 205 Å². The normalized spacial score (nSPS) is 16.0. The molecule has 1 aliphatic heterocycles. The topological polar surface area (TPSA) is 63.4 Å². The number of aromatic nitrogens is 2. The maximum Gasteiger partial charge on any atom is 0.258 e. The van der Waals surface area contributed by atoms with E-state index in [0.29, 0.717) is 23.4 Å². The Morgan fingerprint density at radius 2 is 1.91 bits per heavy atom. The predicted molar refractivity (Wildman–Crippen MR) is 134 cm³/mol. The fourth-order valence-corrected chi connectivity index (χ4v) is 4.87. The summed E-state index contributed by atoms with van der Waals surface area (Å²) in [6, 6.07) is 17.7. The van der Waals surface area contributed by atoms with Crippen LogP contribution < -0.4 is 10.1 Å². The van der Waals surface area contributed by atoms with Gasteiger partial charge in [0.05, 0.1) is 23.6 Å². The van der Waals surface area contributed by atoms with E-state index in [1.807, 2.05) is 53.6 Å². The summed E-state index contributed by atoms with van der Waals surface area (Å²) >= 11 is 7.29. The fraction of sp³-hybridized carbons (Fsp3) is 0.160. The van der Waals surface area contributed by atoms with Crippen molar-refractivity contribution in [1.82, 2.24) is 20.4 Å². The van der Waals surface area contributed by atoms with Crippen molar-refractivity contribution in [2.75, 3.05) is 7.11 Å². The van der Waals surface area contributed by atoms with Crippen LogP contribution in [0, 0.1) is 5.82 Å². The number of thiocarbonyl (C=S) groups is 1. The molecule has 1 atom stereocenters. The van der Waals surface area contributed by atoms with E-state index in [9.17, 15) is 4.39 Å². The zero-order valence-corrected chi connectivity index (χ0v) is 20.1. The fourth-order valence-electron chi connectivity index (χ4n) is 3.91. The molecule has 0 aliphatic carbocycles. The van der Waals surface area contributed by atoms with E-state index >= 15 is 0 Å². The van der Waals surface area contributed by atoms with Crippen molar-refractivity contribution < 1.29 is 13.7 Å². The van der Waals surface area contributed by atoms with Crippen LogP contribution in [0.25, 0.3) is 16.3 Å². The van der Waals surface area contributed by atoms with E-state index in [-0.39, 0.29) is 11.9 Å². The van der Waals surface area contributed by atoms with Gasteiger partial charge in [0.25, 0.3) is 5.89 Å². The lowest BCUT2D eigenvalue weighted by Crippen LogP contribution is -2.45. The Morgan fingerprint density at radius 1 is 1.15 bits per heavy atom. The van der Waals surface area contributed by atoms with Crippen LogP contribution >= 0.6 is 23.6 Å². The van der Waals surface area contributed by atoms with Gasteiger partial charge in [-0.1, -0.05) is 35.5 Å². The van der Waals surface area contributed by atoms with Gasteiger partial charge < -0.3 is 19.5 Å². The summed E-state index contributed by atoms with van der Waals surface area (Å²) in [5, 5.41) is 10.1. The Balaban J connectivity index is 1.57. The smallest absolute Gasteiger partial charge is 0.258 e. The molecule has 0 amide bonds. The molecule has 0 bridgehead atoms. The van der Waals surface area contributed by atoms with Crippen LogP contribution in [0.3, 0.4) is 0 Å². The van der Waals surface area contributed by atoms with Gasteiger partial charge in [-0.15, -0.1) is 11.3 Å². The summed E-state index contributed by atoms with van der Waals surface area (Å²) in [6.07, 6.45) is 0. The van der Waals surface area contributed by atoms with Crippen molar-refractivity contribution >= 4 is 34.2 Å². The Bertz CT molecular complexity index is 1330. The second-order valence-corrected chi connectivity index (χ2v) is 9.10. The Kier molecular flexibility index (Phi) is 6.12. The minimum absolute atomic E-state index is 0.303. The molecule has 0 saturated carbocycles. The van der Waals surface area contributed by atoms with Gasteiger partial charge in [0, 0.05) is 12.2 Å². The first-order chi connectivity index (χ1) is 16.5. The molecule has 5 rings (SSSR count). The quantitative estimate of drug-likeness (QED) is 0.341. The minimum Gasteiger partial charge on any atom is -0.497 e. The average Bonchev–Trinajstić information content (AvgIpc) is 3.55. The lowest BCUT2D eigenvalue weighted by molar-refractivity contribution is 0.396. The monoisotopic (exact) mass is 492 g/mol. The van der Waals surface area contributed by atoms with Crippen LogP contribution in [0.2, 0.25) is 0 Å². The summed E-state index contributed by atoms with van der Waals surface area (Å²) in [7, 11) is 1.64. The maximum absolute atomic E-state index is 13.6. The molecule has 0 saturated heterocycles. The highest BCUT2D eigenvalue weighted by Gasteiger charge is 2.34. The van der Waals surface area contributed by atoms with Gasteiger partial charge in [0.2, 0.25) is 5.82 Å². The number of hydrogen-bond donors (Lipinski definition) is 1. The van der Waals surface area contributed by atoms with Gasteiger partial charge in [0.15, 0.2) is 5.11 Å². The highest BCUT2D eigenvalue weighted by atomic mass is 32.1. The number of nitrogens with zero attached hydrogens (tertiary/aromatic N) is 3. The molecule has 1 N–H and O–H groups in total. The average molecular weight is 493 g/mol. The van der Waals surface area contributed by atoms with E-state index in [1.165, 1.54) is 12.1 Å². The third kappa shape index (κ3) is 4.32. The van der Waals surface area contributed by atoms with Crippen molar-refractivity contribution in [3.8, 4) is 16.5 Å². The third-order valence-corrected chi connectivity index (χ3v) is 6.90. The molecule has 0 spiro atoms. The molecule has 1 aliphatic rings. The summed E-state index contributed by atoms with van der Waals surface area (Å²) in [5.41, 5.74) is 3.59. The van der Waals surface area contributed by atoms with Crippen molar-refractivity contribution in [3.63, 3.8) is 0 Å². The van der Waals surface area contributed by atoms with Gasteiger partial charge in [0.1, 0.15) is 11.6 Å². The van der Waals surface area contributed by atoms with E-state index < -0.39 is 0 Å². The minimum atomic E-state index is -0.364. The van der Waals surface area contributed by atoms with Crippen LogP contribution in [-0.4, -0.2) is 27.3 Å². The summed E-state index contributed by atoms with van der Waals surface area (Å²) in [5.74, 6) is 1.41. The summed E-state index contributed by atoms with van der Waals surface area (Å²) in [6.45, 7) is 2.53. The number of allylic oxidation sites excluding steroid dienone is 1. The third-order valence-electron chi connectivity index (χ3n) is 5.70. The van der Waals surface area contributed by atoms with Crippen LogP contribution in [0.1, 0.15) is 30.0 Å². The van der Waals surface area contributed by atoms with E-state index in [1.54, 1.807) is 30.6 Å². The molecule has 4 aromatic rings. The first-order valence-electron chi connectivity index (χ1n) is 10.6. The number of ether oxygens (including phenoxy) is 1. The van der Waals surface area contributed by atoms with E-state index in [2.05, 4.69) is 15.5 Å². The molecule has 34 heavy (non-hydrogen) atoms. The molecule has 9 heteroatoms. The van der Waals surface area contributed by atoms with E-state index in [0.717, 1.165) is 33.0 Å². The first kappa shape index (κ1) is 22.2. The van der Waals surface area contributed by atoms with Gasteiger partial charge in [-0.25, -0.2) is 4.39 Å². The predicted octanol–water partition coefficient (Wildman–Crippen LogP) is 5.81. The number of rotatable bonds is 6. The zero-order chi connectivity index (χ0) is 23.7. The number of hydrogen-bond acceptors (Lipinski definition) is 6. The number of thiophene rings is 1. The largest absolute Gasteiger partial charge is 0.497 e. The standard InChI is InChI=1S/C25H21FN4O2S2/c1-15-21(24-28-23(29-32-24)20-4-3-13-34-20)22(17-7-9-18(26)10-8-17)27-25(33)30(15)14-16-5-11-19(31-2)12-6-16/h3-13,22H,14H2,1-2H3,(H,27,33). The van der Waals surface area contributed by atoms with Gasteiger partial charge in [-0.3, -0.25) is 0 Å². The van der Waals surface area contributed by atoms with Crippen molar-refractivity contribution in [3.05, 3.63) is 94.6 Å². The number of methoxy groups -OCH3 is 1. The highest BCUT2D eigenvalue weighted by molar-refractivity contribution is 7.80. The van der Waals surface area contributed by atoms with Crippen molar-refractivity contribution in [2.24, 2.45) is 0 Å². The molecule has 0 radical (unpaired) electrons. The second kappa shape index (κ2) is 9.36. The maximum atomic E-state index is 13.6. The summed E-state index contributed by atoms with van der Waals surface area (Å²) in [4.78, 5) is 7.60. The van der Waals surface area contributed by atoms with Crippen LogP contribution in [0.5, 0.6) is 5.75 Å². The lowest BCUT2D eigenvalue weighted by Gasteiger charge is -2.37. The number of benzene rings is 2. The Morgan fingerprint density at radius 3 is 2.59 bits per heavy atom. The number of halogens is 1. The molecule has 3 heterocycles. The molecule has 2 aromatic heterocycles. The Hall–Kier alpha value is -3.56. The molecule has 6 nitrogen and oxygen atoms in total. The molecular formula is C25H21FN4O2S2. The summed E-state index contributed by atoms with van der Waals surface area (Å²) < 4.78 is 24.6. The van der Waals surface area contributed by atoms with Crippen LogP contribution in [0.15, 0.2) is 76.3 Å². The SMILES string of the molecule is COc1ccc(CN2C(=S)NC(c3ccc(F)cc3)C(c3nc(-c4cccs4)no3)=C2C)cc1. The zero-order valence-electron chi connectivity index (χ0n) is 18.5. The number of nitrogens with one attached hydrogen (secondary N) is 1. The van der Waals surface area contributed by atoms with Crippen molar-refractivity contribution in [2.45, 2.75) is 19.5 Å². The molecule has 1 unspecified atom stereocenters. The van der Waals surface area contributed by atoms with Crippen molar-refractivity contribution in [1.29, 1.82) is 0 Å². The second-order valence-electron chi connectivity index (χ2n) is 7.77. The van der Waals surface area contributed by atoms with E-state index in [4.69, 9.17) is 21.5 Å². The molecule has 0 fully saturated rings. The lowest BCUT2D eigenvalue weighted by atomic mass is 9.94. The van der Waals surface area contributed by atoms with Gasteiger partial charge in [-0.05, 0) is 66.0 Å². The van der Waals surface area contributed by atoms with Crippen LogP contribution in [0.4, 0.5) is 4.39 Å². The molecule has 2 aromatic carbocycles. The van der Waals surface area contributed by atoms with Gasteiger partial charge >= 0.3 is 0 Å².